The van der Waals surface area contributed by atoms with E-state index in [4.69, 9.17) is 29.8 Å². The van der Waals surface area contributed by atoms with Gasteiger partial charge in [0.15, 0.2) is 0 Å². The molecular formula is C86H127N13O29S. The lowest BCUT2D eigenvalue weighted by Crippen LogP contribution is -2.59. The fourth-order valence-electron chi connectivity index (χ4n) is 13.2. The Morgan fingerprint density at radius 2 is 0.822 bits per heavy atom. The fraction of sp³-hybridized carbons (Fsp3) is 0.581. The minimum atomic E-state index is -4.99. The molecule has 0 radical (unpaired) electrons. The molecule has 42 nitrogen and oxygen atoms in total. The summed E-state index contributed by atoms with van der Waals surface area (Å²) in [5.74, 6) is -16.1. The van der Waals surface area contributed by atoms with Crippen LogP contribution >= 0.6 is 0 Å². The van der Waals surface area contributed by atoms with Gasteiger partial charge in [0.05, 0.1) is 59.0 Å². The standard InChI is InChI=1S/C86H127N13O29S/c1-3-5-24-63(80(113)91-53-73(103)93-68(49-58-52-90-62-26-22-21-23-61(58)62)83(116)96-64(25-6-4-2)81(114)99-70(51-78(110)111)85(118)97-66(79(87)112)47-56-29-33-59(100)34-30-56)95-82(115)67(48-57-31-35-60(36-32-57)128-129(121,122)123)98-84(117)69(50-77(108)109)94-75(105)55-127-46-44-125-42-40-89-74(104)54-126-45-43-124-41-39-88-71(101)38-37-65(86(119)120)92-72(102)27-19-17-15-13-11-9-7-8-10-12-14-16-18-20-28-76(106)107/h21-23,26,29-36,52,63-70,90,100H,3-20,24-25,27-28,37-51,53-55H2,1-2H3,(H2,87,112)(H,88,101)(H,89,104)(H,91,113)(H,92,102)(H,93,103)(H,94,105)(H,95,115)(H,96,116)(H,97,118)(H,98,117)(H,99,114)(H,106,107)(H,108,109)(H,110,111)(H,119,120)(H,121,122,123)/t63-,64-,65-,66-,67-,68-,69-,70-/m0/s1. The van der Waals surface area contributed by atoms with Gasteiger partial charge in [-0.2, -0.15) is 8.42 Å². The second-order valence-electron chi connectivity index (χ2n) is 30.8. The lowest BCUT2D eigenvalue weighted by atomic mass is 10.0. The van der Waals surface area contributed by atoms with Crippen LogP contribution in [0.25, 0.3) is 10.9 Å². The molecule has 4 aromatic rings. The number of nitrogens with one attached hydrogen (secondary N) is 12. The highest BCUT2D eigenvalue weighted by Crippen LogP contribution is 2.22. The molecule has 43 heteroatoms. The molecule has 12 amide bonds. The summed E-state index contributed by atoms with van der Waals surface area (Å²) in [6.45, 7) is 1.62. The number of rotatable bonds is 72. The maximum Gasteiger partial charge on any atom is 0.446 e. The second kappa shape index (κ2) is 62.3. The average Bonchev–Trinajstić information content (AvgIpc) is 1.68. The minimum Gasteiger partial charge on any atom is -0.508 e. The van der Waals surface area contributed by atoms with Crippen LogP contribution in [0, 0.1) is 0 Å². The number of unbranched alkanes of at least 4 members (excludes halogenated alkanes) is 15. The first-order valence-electron chi connectivity index (χ1n) is 43.4. The number of nitrogens with two attached hydrogens (primary N) is 1. The smallest absolute Gasteiger partial charge is 0.446 e. The number of aliphatic carboxylic acids is 4. The molecule has 0 fully saturated rings. The van der Waals surface area contributed by atoms with Gasteiger partial charge in [0.25, 0.3) is 0 Å². The molecule has 4 rings (SSSR count). The van der Waals surface area contributed by atoms with Gasteiger partial charge in [-0.3, -0.25) is 76.5 Å². The van der Waals surface area contributed by atoms with E-state index in [0.717, 1.165) is 69.9 Å². The summed E-state index contributed by atoms with van der Waals surface area (Å²) in [4.78, 5) is 212. The Morgan fingerprint density at radius 3 is 1.34 bits per heavy atom. The Balaban J connectivity index is 1.25. The molecule has 0 bridgehead atoms. The molecule has 1 aromatic heterocycles. The number of phenols is 1. The zero-order chi connectivity index (χ0) is 94.9. The van der Waals surface area contributed by atoms with Crippen molar-refractivity contribution in [3.63, 3.8) is 0 Å². The number of fused-ring (bicyclic) bond motifs is 1. The predicted molar refractivity (Wildman–Crippen MR) is 465 cm³/mol. The van der Waals surface area contributed by atoms with Crippen molar-refractivity contribution in [1.29, 1.82) is 0 Å². The number of para-hydroxylation sites is 1. The number of primary amides is 1. The van der Waals surface area contributed by atoms with Crippen LogP contribution in [-0.2, 0) is 125 Å². The average molecular weight is 1840 g/mol. The third-order valence-corrected chi connectivity index (χ3v) is 20.5. The van der Waals surface area contributed by atoms with E-state index in [9.17, 15) is 110 Å². The molecule has 0 aliphatic heterocycles. The highest BCUT2D eigenvalue weighted by atomic mass is 32.3. The number of aromatic hydroxyl groups is 1. The largest absolute Gasteiger partial charge is 0.508 e. The number of carboxylic acid groups (broad SMARTS) is 4. The maximum atomic E-state index is 14.6. The monoisotopic (exact) mass is 1840 g/mol. The molecular weight excluding hydrogens is 1710 g/mol. The number of carboxylic acids is 4. The molecule has 0 saturated heterocycles. The number of benzene rings is 3. The maximum absolute atomic E-state index is 14.6. The molecule has 0 saturated carbocycles. The summed E-state index contributed by atoms with van der Waals surface area (Å²) in [5, 5.41) is 75.7. The lowest BCUT2D eigenvalue weighted by Gasteiger charge is -2.26. The van der Waals surface area contributed by atoms with Gasteiger partial charge in [-0.15, -0.1) is 0 Å². The number of ether oxygens (including phenoxy) is 4. The molecule has 716 valence electrons. The molecule has 0 aliphatic carbocycles. The number of phenolic OH excluding ortho intramolecular Hbond substituents is 1. The number of aromatic amines is 1. The Morgan fingerprint density at radius 1 is 0.395 bits per heavy atom. The summed E-state index contributed by atoms with van der Waals surface area (Å²) in [6.07, 6.45) is 14.6. The highest BCUT2D eigenvalue weighted by Gasteiger charge is 2.36. The van der Waals surface area contributed by atoms with Crippen molar-refractivity contribution < 1.29 is 138 Å². The van der Waals surface area contributed by atoms with E-state index in [1.54, 1.807) is 44.3 Å². The van der Waals surface area contributed by atoms with Gasteiger partial charge in [0.2, 0.25) is 70.9 Å². The number of carbonyl (C=O) groups excluding carboxylic acids is 12. The molecule has 0 unspecified atom stereocenters. The summed E-state index contributed by atoms with van der Waals surface area (Å²) in [6, 6.07) is 4.72. The predicted octanol–water partition coefficient (Wildman–Crippen LogP) is 2.38. The molecule has 129 heavy (non-hydrogen) atoms. The van der Waals surface area contributed by atoms with Gasteiger partial charge in [-0.1, -0.05) is 159 Å². The molecule has 20 N–H and O–H groups in total. The summed E-state index contributed by atoms with van der Waals surface area (Å²) in [7, 11) is -4.99. The molecule has 0 spiro atoms. The summed E-state index contributed by atoms with van der Waals surface area (Å²) >= 11 is 0. The zero-order valence-electron chi connectivity index (χ0n) is 73.0. The van der Waals surface area contributed by atoms with E-state index < -0.39 is 186 Å². The minimum absolute atomic E-state index is 0.0125. The topological polar surface area (TPSA) is 649 Å². The first-order chi connectivity index (χ1) is 61.6. The van der Waals surface area contributed by atoms with Gasteiger partial charge >= 0.3 is 34.3 Å². The van der Waals surface area contributed by atoms with E-state index in [-0.39, 0.29) is 134 Å². The second-order valence-corrected chi connectivity index (χ2v) is 31.8. The van der Waals surface area contributed by atoms with Gasteiger partial charge in [-0.05, 0) is 79.1 Å². The van der Waals surface area contributed by atoms with E-state index in [1.165, 1.54) is 62.1 Å². The van der Waals surface area contributed by atoms with Gasteiger partial charge < -0.3 is 118 Å². The van der Waals surface area contributed by atoms with Crippen molar-refractivity contribution in [3.8, 4) is 11.5 Å². The Labute approximate surface area is 748 Å². The van der Waals surface area contributed by atoms with Crippen LogP contribution in [-0.4, -0.2) is 259 Å². The Bertz CT molecular complexity index is 4350. The number of H-pyrrole nitrogens is 1. The van der Waals surface area contributed by atoms with Crippen molar-refractivity contribution in [2.45, 2.75) is 248 Å². The van der Waals surface area contributed by atoms with Crippen molar-refractivity contribution in [3.05, 3.63) is 95.7 Å². The fourth-order valence-corrected chi connectivity index (χ4v) is 13.6. The van der Waals surface area contributed by atoms with E-state index >= 15 is 0 Å². The molecule has 1 heterocycles. The zero-order valence-corrected chi connectivity index (χ0v) is 73.8. The molecule has 8 atom stereocenters. The van der Waals surface area contributed by atoms with Crippen LogP contribution in [0.5, 0.6) is 11.5 Å². The number of amides is 12. The SMILES string of the molecule is CCCC[C@H](NC(=O)[C@H](Cc1ccc(OS(=O)(=O)O)cc1)NC(=O)[C@H](CC(=O)O)NC(=O)COCCOCCNC(=O)COCCOCCNC(=O)CC[C@H](NC(=O)CCCCCCCCCCCCCCCCC(=O)O)C(=O)O)C(=O)NCC(=O)N[C@@H](Cc1c[nH]c2ccccc12)C(=O)N[C@@H](CCCC)C(=O)N[C@@H](CC(=O)O)C(=O)N[C@@H](Cc1ccc(O)cc1)C(N)=O. The van der Waals surface area contributed by atoms with E-state index in [2.05, 4.69) is 67.7 Å². The van der Waals surface area contributed by atoms with Crippen LogP contribution in [0.4, 0.5) is 0 Å². The van der Waals surface area contributed by atoms with Crippen molar-refractivity contribution in [2.75, 3.05) is 72.5 Å². The Hall–Kier alpha value is -11.9. The van der Waals surface area contributed by atoms with Crippen molar-refractivity contribution >= 4 is 116 Å². The van der Waals surface area contributed by atoms with Crippen LogP contribution in [0.15, 0.2) is 79.0 Å². The first-order valence-corrected chi connectivity index (χ1v) is 44.8. The van der Waals surface area contributed by atoms with Crippen molar-refractivity contribution in [1.82, 2.24) is 63.5 Å². The van der Waals surface area contributed by atoms with Crippen LogP contribution in [0.3, 0.4) is 0 Å². The van der Waals surface area contributed by atoms with Gasteiger partial charge in [-0.25, -0.2) is 4.79 Å². The lowest BCUT2D eigenvalue weighted by molar-refractivity contribution is -0.142. The molecule has 3 aromatic carbocycles. The third kappa shape index (κ3) is 48.7. The quantitative estimate of drug-likeness (QED) is 0.0223. The number of hydrogen-bond acceptors (Lipinski definition) is 24. The molecule has 0 aliphatic rings. The Kier molecular flexibility index (Phi) is 52.8. The van der Waals surface area contributed by atoms with E-state index in [0.29, 0.717) is 47.7 Å². The normalized spacial score (nSPS) is 13.1. The van der Waals surface area contributed by atoms with Crippen LogP contribution in [0.1, 0.15) is 197 Å². The van der Waals surface area contributed by atoms with Gasteiger partial charge in [0, 0.05) is 68.7 Å². The highest BCUT2D eigenvalue weighted by molar-refractivity contribution is 7.81. The third-order valence-electron chi connectivity index (χ3n) is 20.1. The van der Waals surface area contributed by atoms with Gasteiger partial charge in [0.1, 0.15) is 73.0 Å². The van der Waals surface area contributed by atoms with Crippen LogP contribution in [0.2, 0.25) is 0 Å². The van der Waals surface area contributed by atoms with E-state index in [1.807, 2.05) is 0 Å². The number of carbonyl (C=O) groups is 16. The van der Waals surface area contributed by atoms with Crippen LogP contribution < -0.4 is 68.4 Å². The number of aromatic nitrogens is 1. The number of hydrogen-bond donors (Lipinski definition) is 19. The van der Waals surface area contributed by atoms with Crippen molar-refractivity contribution in [2.24, 2.45) is 5.73 Å². The first kappa shape index (κ1) is 109. The summed E-state index contributed by atoms with van der Waals surface area (Å²) in [5.41, 5.74) is 7.40. The summed E-state index contributed by atoms with van der Waals surface area (Å²) < 4.78 is 58.3.